The molecule has 0 radical (unpaired) electrons. The van der Waals surface area contributed by atoms with E-state index in [4.69, 9.17) is 16.9 Å². The van der Waals surface area contributed by atoms with E-state index in [1.165, 1.54) is 16.0 Å². The molecule has 0 bridgehead atoms. The summed E-state index contributed by atoms with van der Waals surface area (Å²) in [6.45, 7) is 4.23. The first-order chi connectivity index (χ1) is 9.10. The normalized spacial score (nSPS) is 10.2. The van der Waals surface area contributed by atoms with E-state index in [-0.39, 0.29) is 0 Å². The molecule has 0 saturated carbocycles. The third-order valence-corrected chi connectivity index (χ3v) is 4.45. The SMILES string of the molecule is Cc1ccc(SCc2ccc(C#N)cc2Cl)cc1C. The van der Waals surface area contributed by atoms with Crippen molar-refractivity contribution in [1.29, 1.82) is 5.26 Å². The molecular formula is C16H14ClNS. The molecule has 2 rings (SSSR count). The Morgan fingerprint density at radius 3 is 2.53 bits per heavy atom. The number of hydrogen-bond donors (Lipinski definition) is 0. The lowest BCUT2D eigenvalue weighted by molar-refractivity contribution is 1.27. The van der Waals surface area contributed by atoms with E-state index < -0.39 is 0 Å². The molecule has 0 saturated heterocycles. The lowest BCUT2D eigenvalue weighted by Crippen LogP contribution is -1.86. The Balaban J connectivity index is 2.10. The number of nitriles is 1. The standard InChI is InChI=1S/C16H14ClNS/c1-11-3-6-15(7-12(11)2)19-10-14-5-4-13(9-18)8-16(14)17/h3-8H,10H2,1-2H3. The summed E-state index contributed by atoms with van der Waals surface area (Å²) in [4.78, 5) is 1.24. The van der Waals surface area contributed by atoms with Crippen molar-refractivity contribution in [3.05, 3.63) is 63.7 Å². The summed E-state index contributed by atoms with van der Waals surface area (Å²) >= 11 is 7.92. The van der Waals surface area contributed by atoms with Gasteiger partial charge in [0, 0.05) is 15.7 Å². The Morgan fingerprint density at radius 1 is 1.11 bits per heavy atom. The third-order valence-electron chi connectivity index (χ3n) is 3.05. The molecule has 2 aromatic rings. The first-order valence-corrected chi connectivity index (χ1v) is 7.35. The molecule has 0 aliphatic carbocycles. The van der Waals surface area contributed by atoms with Crippen LogP contribution in [0.25, 0.3) is 0 Å². The number of benzene rings is 2. The van der Waals surface area contributed by atoms with Crippen molar-refractivity contribution in [3.8, 4) is 6.07 Å². The van der Waals surface area contributed by atoms with Crippen LogP contribution in [0, 0.1) is 25.2 Å². The molecule has 0 heterocycles. The zero-order valence-corrected chi connectivity index (χ0v) is 12.5. The molecule has 0 aliphatic heterocycles. The van der Waals surface area contributed by atoms with Gasteiger partial charge >= 0.3 is 0 Å². The van der Waals surface area contributed by atoms with Crippen LogP contribution in [-0.2, 0) is 5.75 Å². The number of nitrogens with zero attached hydrogens (tertiary/aromatic N) is 1. The molecule has 0 atom stereocenters. The molecule has 96 valence electrons. The summed E-state index contributed by atoms with van der Waals surface area (Å²) in [7, 11) is 0. The van der Waals surface area contributed by atoms with Crippen LogP contribution in [0.5, 0.6) is 0 Å². The quantitative estimate of drug-likeness (QED) is 0.732. The fraction of sp³-hybridized carbons (Fsp3) is 0.188. The minimum absolute atomic E-state index is 0.602. The van der Waals surface area contributed by atoms with Gasteiger partial charge in [0.15, 0.2) is 0 Å². The van der Waals surface area contributed by atoms with Crippen molar-refractivity contribution in [1.82, 2.24) is 0 Å². The van der Waals surface area contributed by atoms with E-state index in [0.29, 0.717) is 10.6 Å². The maximum absolute atomic E-state index is 8.80. The fourth-order valence-corrected chi connectivity index (χ4v) is 3.02. The second kappa shape index (κ2) is 6.14. The summed E-state index contributed by atoms with van der Waals surface area (Å²) in [5, 5.41) is 9.47. The van der Waals surface area contributed by atoms with Crippen molar-refractivity contribution < 1.29 is 0 Å². The Hall–Kier alpha value is -1.43. The Kier molecular flexibility index (Phi) is 4.52. The van der Waals surface area contributed by atoms with Gasteiger partial charge in [0.2, 0.25) is 0 Å². The molecule has 0 N–H and O–H groups in total. The molecule has 0 aromatic heterocycles. The van der Waals surface area contributed by atoms with Gasteiger partial charge in [0.25, 0.3) is 0 Å². The van der Waals surface area contributed by atoms with Gasteiger partial charge < -0.3 is 0 Å². The summed E-state index contributed by atoms with van der Waals surface area (Å²) in [6.07, 6.45) is 0. The zero-order valence-electron chi connectivity index (χ0n) is 10.9. The Morgan fingerprint density at radius 2 is 1.89 bits per heavy atom. The number of hydrogen-bond acceptors (Lipinski definition) is 2. The molecule has 1 nitrogen and oxygen atoms in total. The monoisotopic (exact) mass is 287 g/mol. The number of halogens is 1. The van der Waals surface area contributed by atoms with Crippen LogP contribution in [0.4, 0.5) is 0 Å². The molecule has 19 heavy (non-hydrogen) atoms. The second-order valence-corrected chi connectivity index (χ2v) is 5.91. The molecule has 0 aliphatic rings. The average Bonchev–Trinajstić information content (AvgIpc) is 2.41. The molecule has 2 aromatic carbocycles. The highest BCUT2D eigenvalue weighted by Gasteiger charge is 2.04. The molecule has 0 fully saturated rings. The van der Waals surface area contributed by atoms with E-state index >= 15 is 0 Å². The molecular weight excluding hydrogens is 274 g/mol. The minimum atomic E-state index is 0.602. The maximum Gasteiger partial charge on any atom is 0.0992 e. The highest BCUT2D eigenvalue weighted by molar-refractivity contribution is 7.98. The third kappa shape index (κ3) is 3.53. The molecule has 0 amide bonds. The lowest BCUT2D eigenvalue weighted by atomic mass is 10.1. The van der Waals surface area contributed by atoms with Gasteiger partial charge in [-0.15, -0.1) is 11.8 Å². The van der Waals surface area contributed by atoms with Crippen LogP contribution in [0.3, 0.4) is 0 Å². The predicted molar refractivity (Wildman–Crippen MR) is 81.6 cm³/mol. The number of thioether (sulfide) groups is 1. The highest BCUT2D eigenvalue weighted by atomic mass is 35.5. The van der Waals surface area contributed by atoms with Crippen molar-refractivity contribution >= 4 is 23.4 Å². The average molecular weight is 288 g/mol. The molecule has 0 spiro atoms. The molecule has 3 heteroatoms. The van der Waals surface area contributed by atoms with Gasteiger partial charge in [-0.1, -0.05) is 23.7 Å². The van der Waals surface area contributed by atoms with Crippen LogP contribution in [0.2, 0.25) is 5.02 Å². The highest BCUT2D eigenvalue weighted by Crippen LogP contribution is 2.28. The van der Waals surface area contributed by atoms with Gasteiger partial charge in [-0.2, -0.15) is 5.26 Å². The van der Waals surface area contributed by atoms with Crippen LogP contribution in [0.15, 0.2) is 41.3 Å². The molecule has 0 unspecified atom stereocenters. The van der Waals surface area contributed by atoms with Crippen molar-refractivity contribution in [2.24, 2.45) is 0 Å². The van der Waals surface area contributed by atoms with Crippen molar-refractivity contribution in [2.75, 3.05) is 0 Å². The second-order valence-electron chi connectivity index (χ2n) is 4.45. The summed E-state index contributed by atoms with van der Waals surface area (Å²) < 4.78 is 0. The Bertz CT molecular complexity index is 644. The number of rotatable bonds is 3. The first kappa shape index (κ1) is 14.0. The fourth-order valence-electron chi connectivity index (χ4n) is 1.70. The van der Waals surface area contributed by atoms with Crippen LogP contribution < -0.4 is 0 Å². The summed E-state index contributed by atoms with van der Waals surface area (Å²) in [5.74, 6) is 0.813. The van der Waals surface area contributed by atoms with Crippen LogP contribution >= 0.6 is 23.4 Å². The first-order valence-electron chi connectivity index (χ1n) is 5.99. The summed E-state index contributed by atoms with van der Waals surface area (Å²) in [5.41, 5.74) is 4.27. The van der Waals surface area contributed by atoms with Gasteiger partial charge in [-0.05, 0) is 54.8 Å². The van der Waals surface area contributed by atoms with E-state index in [1.54, 1.807) is 17.8 Å². The topological polar surface area (TPSA) is 23.8 Å². The van der Waals surface area contributed by atoms with Gasteiger partial charge in [0.05, 0.1) is 11.6 Å². The van der Waals surface area contributed by atoms with Gasteiger partial charge in [0.1, 0.15) is 0 Å². The predicted octanol–water partition coefficient (Wildman–Crippen LogP) is 5.12. The van der Waals surface area contributed by atoms with Crippen LogP contribution in [0.1, 0.15) is 22.3 Å². The lowest BCUT2D eigenvalue weighted by Gasteiger charge is -2.07. The van der Waals surface area contributed by atoms with E-state index in [0.717, 1.165) is 11.3 Å². The smallest absolute Gasteiger partial charge is 0.0992 e. The zero-order chi connectivity index (χ0) is 13.8. The van der Waals surface area contributed by atoms with Crippen molar-refractivity contribution in [2.45, 2.75) is 24.5 Å². The van der Waals surface area contributed by atoms with Gasteiger partial charge in [-0.3, -0.25) is 0 Å². The van der Waals surface area contributed by atoms with E-state index in [9.17, 15) is 0 Å². The van der Waals surface area contributed by atoms with Crippen LogP contribution in [-0.4, -0.2) is 0 Å². The van der Waals surface area contributed by atoms with Crippen molar-refractivity contribution in [3.63, 3.8) is 0 Å². The van der Waals surface area contributed by atoms with E-state index in [1.807, 2.05) is 12.1 Å². The Labute approximate surface area is 123 Å². The van der Waals surface area contributed by atoms with E-state index in [2.05, 4.69) is 38.1 Å². The largest absolute Gasteiger partial charge is 0.192 e. The van der Waals surface area contributed by atoms with Gasteiger partial charge in [-0.25, -0.2) is 0 Å². The summed E-state index contributed by atoms with van der Waals surface area (Å²) in [6, 6.07) is 14.0. The maximum atomic E-state index is 8.80. The number of aryl methyl sites for hydroxylation is 2. The minimum Gasteiger partial charge on any atom is -0.192 e.